The Labute approximate surface area is 132 Å². The van der Waals surface area contributed by atoms with Crippen LogP contribution in [0.25, 0.3) is 0 Å². The zero-order chi connectivity index (χ0) is 16.3. The molecule has 2 aromatic rings. The Morgan fingerprint density at radius 2 is 1.91 bits per heavy atom. The molecule has 1 atom stereocenters. The van der Waals surface area contributed by atoms with E-state index in [1.54, 1.807) is 31.5 Å². The summed E-state index contributed by atoms with van der Waals surface area (Å²) < 4.78 is 27.2. The van der Waals surface area contributed by atoms with Crippen molar-refractivity contribution in [3.63, 3.8) is 0 Å². The summed E-state index contributed by atoms with van der Waals surface area (Å²) >= 11 is 5.74. The first-order valence-corrected chi connectivity index (χ1v) is 8.12. The number of nitrogens with zero attached hydrogens (tertiary/aromatic N) is 1. The van der Waals surface area contributed by atoms with E-state index in [-0.39, 0.29) is 15.5 Å². The minimum atomic E-state index is -3.87. The van der Waals surface area contributed by atoms with Crippen molar-refractivity contribution in [2.45, 2.75) is 17.9 Å². The second-order valence-corrected chi connectivity index (χ2v) is 6.69. The number of hydrogen-bond acceptors (Lipinski definition) is 4. The molecule has 0 radical (unpaired) electrons. The molecule has 2 N–H and O–H groups in total. The predicted molar refractivity (Wildman–Crippen MR) is 81.4 cm³/mol. The van der Waals surface area contributed by atoms with Gasteiger partial charge in [-0.15, -0.1) is 0 Å². The lowest BCUT2D eigenvalue weighted by molar-refractivity contribution is 0.0697. The lowest BCUT2D eigenvalue weighted by atomic mass is 10.1. The molecular weight excluding hydrogens is 328 g/mol. The molecule has 0 aliphatic carbocycles. The lowest BCUT2D eigenvalue weighted by Crippen LogP contribution is -2.27. The van der Waals surface area contributed by atoms with Crippen molar-refractivity contribution >= 4 is 27.6 Å². The zero-order valence-electron chi connectivity index (χ0n) is 11.5. The van der Waals surface area contributed by atoms with Crippen LogP contribution < -0.4 is 4.72 Å². The van der Waals surface area contributed by atoms with Crippen molar-refractivity contribution in [2.24, 2.45) is 0 Å². The van der Waals surface area contributed by atoms with Gasteiger partial charge in [0.25, 0.3) is 0 Å². The average molecular weight is 341 g/mol. The van der Waals surface area contributed by atoms with Crippen LogP contribution >= 0.6 is 11.6 Å². The highest BCUT2D eigenvalue weighted by molar-refractivity contribution is 7.89. The summed E-state index contributed by atoms with van der Waals surface area (Å²) in [6.45, 7) is 1.68. The van der Waals surface area contributed by atoms with Crippen molar-refractivity contribution < 1.29 is 18.3 Å². The molecule has 0 amide bonds. The van der Waals surface area contributed by atoms with Gasteiger partial charge in [-0.2, -0.15) is 0 Å². The third-order valence-corrected chi connectivity index (χ3v) is 4.88. The fraction of sp³-hybridized carbons (Fsp3) is 0.143. The van der Waals surface area contributed by atoms with Crippen LogP contribution in [-0.2, 0) is 10.0 Å². The van der Waals surface area contributed by atoms with Gasteiger partial charge in [-0.3, -0.25) is 4.98 Å². The fourth-order valence-electron chi connectivity index (χ4n) is 1.86. The summed E-state index contributed by atoms with van der Waals surface area (Å²) in [5.41, 5.74) is 0.479. The van der Waals surface area contributed by atoms with E-state index in [9.17, 15) is 13.2 Å². The van der Waals surface area contributed by atoms with E-state index in [0.717, 1.165) is 11.6 Å². The number of sulfonamides is 1. The molecule has 0 bridgehead atoms. The van der Waals surface area contributed by atoms with Gasteiger partial charge in [-0.05, 0) is 42.8 Å². The van der Waals surface area contributed by atoms with E-state index < -0.39 is 22.0 Å². The van der Waals surface area contributed by atoms with E-state index >= 15 is 0 Å². The van der Waals surface area contributed by atoms with Crippen molar-refractivity contribution in [1.29, 1.82) is 0 Å². The van der Waals surface area contributed by atoms with Gasteiger partial charge >= 0.3 is 5.97 Å². The van der Waals surface area contributed by atoms with Crippen molar-refractivity contribution in [2.75, 3.05) is 0 Å². The monoisotopic (exact) mass is 340 g/mol. The number of carboxylic acids is 1. The Hall–Kier alpha value is -1.96. The number of nitrogens with one attached hydrogen (secondary N) is 1. The third-order valence-electron chi connectivity index (χ3n) is 3.02. The summed E-state index contributed by atoms with van der Waals surface area (Å²) in [6, 6.07) is 6.44. The minimum Gasteiger partial charge on any atom is -0.478 e. The van der Waals surface area contributed by atoms with E-state index in [4.69, 9.17) is 16.7 Å². The summed E-state index contributed by atoms with van der Waals surface area (Å²) in [7, 11) is -3.87. The van der Waals surface area contributed by atoms with Gasteiger partial charge in [-0.25, -0.2) is 17.9 Å². The molecule has 0 saturated heterocycles. The molecule has 1 aromatic carbocycles. The van der Waals surface area contributed by atoms with Gasteiger partial charge in [0, 0.05) is 18.4 Å². The molecule has 0 aliphatic rings. The molecule has 6 nitrogen and oxygen atoms in total. The second-order valence-electron chi connectivity index (χ2n) is 4.57. The Kier molecular flexibility index (Phi) is 4.80. The number of rotatable bonds is 5. The lowest BCUT2D eigenvalue weighted by Gasteiger charge is -2.15. The topological polar surface area (TPSA) is 96.4 Å². The molecule has 0 unspecified atom stereocenters. The maximum atomic E-state index is 12.3. The molecule has 1 aromatic heterocycles. The zero-order valence-corrected chi connectivity index (χ0v) is 13.1. The highest BCUT2D eigenvalue weighted by Gasteiger charge is 2.21. The predicted octanol–water partition coefficient (Wildman–Crippen LogP) is 2.47. The van der Waals surface area contributed by atoms with Crippen LogP contribution in [0, 0.1) is 0 Å². The van der Waals surface area contributed by atoms with E-state index in [2.05, 4.69) is 9.71 Å². The fourth-order valence-corrected chi connectivity index (χ4v) is 3.31. The average Bonchev–Trinajstić information content (AvgIpc) is 2.47. The molecule has 1 heterocycles. The highest BCUT2D eigenvalue weighted by atomic mass is 35.5. The number of carboxylic acid groups (broad SMARTS) is 1. The summed E-state index contributed by atoms with van der Waals surface area (Å²) in [4.78, 5) is 14.7. The van der Waals surface area contributed by atoms with Crippen molar-refractivity contribution in [3.8, 4) is 0 Å². The van der Waals surface area contributed by atoms with E-state index in [1.165, 1.54) is 12.1 Å². The van der Waals surface area contributed by atoms with Crippen molar-refractivity contribution in [3.05, 3.63) is 58.9 Å². The second kappa shape index (κ2) is 6.43. The normalized spacial score (nSPS) is 12.8. The van der Waals surface area contributed by atoms with Gasteiger partial charge in [0.2, 0.25) is 10.0 Å². The van der Waals surface area contributed by atoms with E-state index in [1.807, 2.05) is 0 Å². The first-order chi connectivity index (χ1) is 10.3. The van der Waals surface area contributed by atoms with Gasteiger partial charge in [-0.1, -0.05) is 11.6 Å². The van der Waals surface area contributed by atoms with Crippen molar-refractivity contribution in [1.82, 2.24) is 9.71 Å². The smallest absolute Gasteiger partial charge is 0.337 e. The molecular formula is C14H13ClN2O4S. The number of halogens is 1. The maximum Gasteiger partial charge on any atom is 0.337 e. The number of carbonyl (C=O) groups is 1. The largest absolute Gasteiger partial charge is 0.478 e. The summed E-state index contributed by atoms with van der Waals surface area (Å²) in [6.07, 6.45) is 3.12. The first-order valence-electron chi connectivity index (χ1n) is 6.26. The molecule has 0 saturated carbocycles. The number of pyridine rings is 1. The van der Waals surface area contributed by atoms with E-state index in [0.29, 0.717) is 0 Å². The molecule has 0 spiro atoms. The van der Waals surface area contributed by atoms with Crippen LogP contribution in [-0.4, -0.2) is 24.5 Å². The maximum absolute atomic E-state index is 12.3. The quantitative estimate of drug-likeness (QED) is 0.871. The van der Waals surface area contributed by atoms with Gasteiger partial charge < -0.3 is 5.11 Å². The standard InChI is InChI=1S/C14H13ClN2O4S/c1-9(10-4-6-16-7-5-10)17-22(20,21)11-2-3-13(15)12(8-11)14(18)19/h2-9,17H,1H3,(H,18,19)/t9-/m1/s1. The molecule has 8 heteroatoms. The van der Waals surface area contributed by atoms with Crippen LogP contribution in [0.3, 0.4) is 0 Å². The Morgan fingerprint density at radius 3 is 2.50 bits per heavy atom. The van der Waals surface area contributed by atoms with Gasteiger partial charge in [0.05, 0.1) is 15.5 Å². The molecule has 22 heavy (non-hydrogen) atoms. The van der Waals surface area contributed by atoms with Crippen LogP contribution in [0.1, 0.15) is 28.9 Å². The van der Waals surface area contributed by atoms with Crippen LogP contribution in [0.4, 0.5) is 0 Å². The molecule has 116 valence electrons. The molecule has 0 fully saturated rings. The summed E-state index contributed by atoms with van der Waals surface area (Å²) in [5, 5.41) is 8.99. The minimum absolute atomic E-state index is 0.0198. The van der Waals surface area contributed by atoms with Gasteiger partial charge in [0.1, 0.15) is 0 Å². The Balaban J connectivity index is 2.31. The number of benzene rings is 1. The number of hydrogen-bond donors (Lipinski definition) is 2. The van der Waals surface area contributed by atoms with Crippen LogP contribution in [0.15, 0.2) is 47.6 Å². The Bertz CT molecular complexity index is 794. The first kappa shape index (κ1) is 16.4. The third kappa shape index (κ3) is 3.62. The number of aromatic nitrogens is 1. The number of aromatic carboxylic acids is 1. The SMILES string of the molecule is C[C@@H](NS(=O)(=O)c1ccc(Cl)c(C(=O)O)c1)c1ccncc1. The van der Waals surface area contributed by atoms with Gasteiger partial charge in [0.15, 0.2) is 0 Å². The summed E-state index contributed by atoms with van der Waals surface area (Å²) in [5.74, 6) is -1.29. The van der Waals surface area contributed by atoms with Crippen LogP contribution in [0.5, 0.6) is 0 Å². The Morgan fingerprint density at radius 1 is 1.27 bits per heavy atom. The molecule has 0 aliphatic heterocycles. The molecule has 2 rings (SSSR count). The van der Waals surface area contributed by atoms with Crippen LogP contribution in [0.2, 0.25) is 5.02 Å². The highest BCUT2D eigenvalue weighted by Crippen LogP contribution is 2.22.